The van der Waals surface area contributed by atoms with Crippen LogP contribution in [0.15, 0.2) is 12.2 Å². The number of aliphatic carboxylic acids is 1. The van der Waals surface area contributed by atoms with Crippen molar-refractivity contribution in [2.45, 2.75) is 64.7 Å². The average molecular weight is 341 g/mol. The molecule has 0 aromatic carbocycles. The first-order valence-corrected chi connectivity index (χ1v) is 9.31. The molecule has 140 valence electrons. The second-order valence-electron chi connectivity index (χ2n) is 7.08. The number of quaternary nitrogens is 1. The van der Waals surface area contributed by atoms with Crippen molar-refractivity contribution in [1.29, 1.82) is 0 Å². The van der Waals surface area contributed by atoms with Crippen molar-refractivity contribution in [3.05, 3.63) is 12.2 Å². The summed E-state index contributed by atoms with van der Waals surface area (Å²) in [5.74, 6) is -0.934. The summed E-state index contributed by atoms with van der Waals surface area (Å²) >= 11 is 0. The van der Waals surface area contributed by atoms with Gasteiger partial charge in [-0.3, -0.25) is 4.79 Å². The number of hydrogen-bond donors (Lipinski definition) is 1. The Morgan fingerprint density at radius 1 is 1.00 bits per heavy atom. The number of unbranched alkanes of at least 4 members (excludes halogenated alkanes) is 5. The lowest BCUT2D eigenvalue weighted by Crippen LogP contribution is -2.49. The molecule has 0 unspecified atom stereocenters. The number of allylic oxidation sites excluding steroid dienone is 2. The van der Waals surface area contributed by atoms with E-state index in [0.717, 1.165) is 25.7 Å². The maximum atomic E-state index is 11.7. The third kappa shape index (κ3) is 15.5. The SMILES string of the molecule is CC/C=C/CCCCCCCC(=O)NCCC[N+](C)(C)CC(=O)[O-]. The Labute approximate surface area is 147 Å². The predicted octanol–water partition coefficient (Wildman–Crippen LogP) is 2.02. The summed E-state index contributed by atoms with van der Waals surface area (Å²) in [7, 11) is 3.71. The lowest BCUT2D eigenvalue weighted by atomic mass is 10.1. The molecule has 0 bridgehead atoms. The van der Waals surface area contributed by atoms with Crippen LogP contribution < -0.4 is 10.4 Å². The summed E-state index contributed by atoms with van der Waals surface area (Å²) < 4.78 is 0.381. The van der Waals surface area contributed by atoms with E-state index in [1.807, 2.05) is 14.1 Å². The second-order valence-corrected chi connectivity index (χ2v) is 7.08. The highest BCUT2D eigenvalue weighted by atomic mass is 16.4. The topological polar surface area (TPSA) is 69.2 Å². The number of amides is 1. The Morgan fingerprint density at radius 3 is 2.33 bits per heavy atom. The number of carboxylic acids is 1. The predicted molar refractivity (Wildman–Crippen MR) is 96.2 cm³/mol. The highest BCUT2D eigenvalue weighted by molar-refractivity contribution is 5.75. The molecular weight excluding hydrogens is 304 g/mol. The number of nitrogens with one attached hydrogen (secondary N) is 1. The molecule has 0 spiro atoms. The molecule has 0 fully saturated rings. The molecule has 0 heterocycles. The van der Waals surface area contributed by atoms with Crippen molar-refractivity contribution in [3.8, 4) is 0 Å². The number of nitrogens with zero attached hydrogens (tertiary/aromatic N) is 1. The van der Waals surface area contributed by atoms with E-state index in [1.54, 1.807) is 0 Å². The first-order valence-electron chi connectivity index (χ1n) is 9.31. The zero-order chi connectivity index (χ0) is 18.3. The summed E-state index contributed by atoms with van der Waals surface area (Å²) in [6.07, 6.45) is 13.8. The van der Waals surface area contributed by atoms with Gasteiger partial charge in [0.05, 0.1) is 26.6 Å². The van der Waals surface area contributed by atoms with Gasteiger partial charge in [0.15, 0.2) is 0 Å². The van der Waals surface area contributed by atoms with Gasteiger partial charge in [-0.25, -0.2) is 0 Å². The summed E-state index contributed by atoms with van der Waals surface area (Å²) in [6.45, 7) is 3.47. The van der Waals surface area contributed by atoms with E-state index in [-0.39, 0.29) is 12.5 Å². The van der Waals surface area contributed by atoms with Crippen LogP contribution in [0.3, 0.4) is 0 Å². The molecule has 1 amide bonds. The van der Waals surface area contributed by atoms with Crippen LogP contribution >= 0.6 is 0 Å². The maximum Gasteiger partial charge on any atom is 0.219 e. The fourth-order valence-corrected chi connectivity index (χ4v) is 2.61. The van der Waals surface area contributed by atoms with Crippen molar-refractivity contribution < 1.29 is 19.2 Å². The molecule has 0 aromatic rings. The first kappa shape index (κ1) is 22.6. The molecule has 5 heteroatoms. The van der Waals surface area contributed by atoms with Gasteiger partial charge < -0.3 is 19.7 Å². The van der Waals surface area contributed by atoms with E-state index in [4.69, 9.17) is 0 Å². The van der Waals surface area contributed by atoms with Gasteiger partial charge in [0.25, 0.3) is 0 Å². The van der Waals surface area contributed by atoms with Gasteiger partial charge in [0.2, 0.25) is 5.91 Å². The van der Waals surface area contributed by atoms with Crippen LogP contribution in [0, 0.1) is 0 Å². The Hall–Kier alpha value is -1.36. The fourth-order valence-electron chi connectivity index (χ4n) is 2.61. The number of rotatable bonds is 15. The summed E-state index contributed by atoms with van der Waals surface area (Å²) in [6, 6.07) is 0. The number of likely N-dealkylation sites (N-methyl/N-ethyl adjacent to an activating group) is 1. The Kier molecular flexibility index (Phi) is 13.2. The largest absolute Gasteiger partial charge is 0.544 e. The molecule has 0 aliphatic heterocycles. The first-order chi connectivity index (χ1) is 11.4. The molecule has 0 rings (SSSR count). The molecule has 0 saturated carbocycles. The smallest absolute Gasteiger partial charge is 0.219 e. The van der Waals surface area contributed by atoms with Gasteiger partial charge >= 0.3 is 0 Å². The van der Waals surface area contributed by atoms with Crippen molar-refractivity contribution in [2.24, 2.45) is 0 Å². The van der Waals surface area contributed by atoms with Crippen molar-refractivity contribution in [2.75, 3.05) is 33.7 Å². The average Bonchev–Trinajstić information content (AvgIpc) is 2.48. The fraction of sp³-hybridized carbons (Fsp3) is 0.789. The number of hydrogen-bond acceptors (Lipinski definition) is 3. The normalized spacial score (nSPS) is 11.8. The molecule has 0 aliphatic carbocycles. The molecule has 24 heavy (non-hydrogen) atoms. The Balaban J connectivity index is 3.47. The molecular formula is C19H36N2O3. The number of carbonyl (C=O) groups is 2. The molecule has 0 saturated heterocycles. The van der Waals surface area contributed by atoms with Crippen LogP contribution in [0.25, 0.3) is 0 Å². The van der Waals surface area contributed by atoms with E-state index in [9.17, 15) is 14.7 Å². The minimum Gasteiger partial charge on any atom is -0.544 e. The maximum absolute atomic E-state index is 11.7. The lowest BCUT2D eigenvalue weighted by Gasteiger charge is -2.30. The third-order valence-corrected chi connectivity index (χ3v) is 4.00. The van der Waals surface area contributed by atoms with Crippen LogP contribution in [-0.2, 0) is 9.59 Å². The van der Waals surface area contributed by atoms with Gasteiger partial charge in [-0.15, -0.1) is 0 Å². The number of carbonyl (C=O) groups excluding carboxylic acids is 2. The molecule has 0 radical (unpaired) electrons. The van der Waals surface area contributed by atoms with Crippen LogP contribution in [0.1, 0.15) is 64.7 Å². The molecule has 0 atom stereocenters. The molecule has 0 aromatic heterocycles. The van der Waals surface area contributed by atoms with E-state index in [2.05, 4.69) is 24.4 Å². The number of carboxylic acid groups (broad SMARTS) is 1. The zero-order valence-corrected chi connectivity index (χ0v) is 15.8. The van der Waals surface area contributed by atoms with Gasteiger partial charge in [-0.05, 0) is 25.7 Å². The quantitative estimate of drug-likeness (QED) is 0.282. The highest BCUT2D eigenvalue weighted by Crippen LogP contribution is 2.07. The van der Waals surface area contributed by atoms with E-state index in [0.29, 0.717) is 24.0 Å². The van der Waals surface area contributed by atoms with Crippen LogP contribution in [-0.4, -0.2) is 50.1 Å². The minimum atomic E-state index is -1.04. The Bertz CT molecular complexity index is 379. The van der Waals surface area contributed by atoms with Crippen LogP contribution in [0.2, 0.25) is 0 Å². The van der Waals surface area contributed by atoms with Crippen molar-refractivity contribution in [3.63, 3.8) is 0 Å². The van der Waals surface area contributed by atoms with Crippen LogP contribution in [0.5, 0.6) is 0 Å². The van der Waals surface area contributed by atoms with E-state index >= 15 is 0 Å². The molecule has 5 nitrogen and oxygen atoms in total. The second kappa shape index (κ2) is 14.0. The molecule has 0 aliphatic rings. The molecule has 1 N–H and O–H groups in total. The standard InChI is InChI=1S/C19H36N2O3/c1-4-5-6-7-8-9-10-11-12-14-18(22)20-15-13-16-21(2,3)17-19(23)24/h5-6H,4,7-17H2,1-3H3,(H-,20,22,23,24)/b6-5+. The highest BCUT2D eigenvalue weighted by Gasteiger charge is 2.14. The van der Waals surface area contributed by atoms with Gasteiger partial charge in [-0.1, -0.05) is 38.3 Å². The van der Waals surface area contributed by atoms with Gasteiger partial charge in [0, 0.05) is 19.4 Å². The van der Waals surface area contributed by atoms with Crippen LogP contribution in [0.4, 0.5) is 0 Å². The van der Waals surface area contributed by atoms with Gasteiger partial charge in [-0.2, -0.15) is 0 Å². The van der Waals surface area contributed by atoms with E-state index in [1.165, 1.54) is 25.7 Å². The Morgan fingerprint density at radius 2 is 1.67 bits per heavy atom. The summed E-state index contributed by atoms with van der Waals surface area (Å²) in [5, 5.41) is 13.5. The monoisotopic (exact) mass is 340 g/mol. The van der Waals surface area contributed by atoms with Gasteiger partial charge in [0.1, 0.15) is 6.54 Å². The van der Waals surface area contributed by atoms with E-state index < -0.39 is 5.97 Å². The zero-order valence-electron chi connectivity index (χ0n) is 15.8. The summed E-state index contributed by atoms with van der Waals surface area (Å²) in [4.78, 5) is 22.3. The minimum absolute atomic E-state index is 0.00216. The lowest BCUT2D eigenvalue weighted by molar-refractivity contribution is -0.884. The van der Waals surface area contributed by atoms with Crippen molar-refractivity contribution >= 4 is 11.9 Å². The summed E-state index contributed by atoms with van der Waals surface area (Å²) in [5.41, 5.74) is 0. The van der Waals surface area contributed by atoms with Crippen molar-refractivity contribution in [1.82, 2.24) is 5.32 Å². The third-order valence-electron chi connectivity index (χ3n) is 4.00.